The standard InChI is InChI=1S/C24H29N3O3/c1-3-14-26(15-4-2)21(28)16-25-23(29)22-19-12-8-9-13-20(19)24(30)27(22)17-18-10-6-5-7-11-18/h5-13,22H,3-4,14-17H2,1-2H3,(H,25,29). The lowest BCUT2D eigenvalue weighted by Gasteiger charge is -2.26. The van der Waals surface area contributed by atoms with E-state index in [9.17, 15) is 14.4 Å². The SMILES string of the molecule is CCCN(CCC)C(=O)CNC(=O)C1c2ccccc2C(=O)N1Cc1ccccc1. The Bertz CT molecular complexity index is 892. The van der Waals surface area contributed by atoms with E-state index < -0.39 is 6.04 Å². The molecule has 2 aromatic carbocycles. The van der Waals surface area contributed by atoms with E-state index in [0.29, 0.717) is 30.8 Å². The first-order chi connectivity index (χ1) is 14.6. The van der Waals surface area contributed by atoms with Crippen LogP contribution in [0.3, 0.4) is 0 Å². The molecule has 6 nitrogen and oxygen atoms in total. The molecular formula is C24H29N3O3. The molecule has 158 valence electrons. The van der Waals surface area contributed by atoms with Crippen LogP contribution in [-0.2, 0) is 16.1 Å². The van der Waals surface area contributed by atoms with Crippen molar-refractivity contribution in [3.63, 3.8) is 0 Å². The molecule has 1 unspecified atom stereocenters. The molecule has 3 amide bonds. The van der Waals surface area contributed by atoms with Crippen molar-refractivity contribution in [2.24, 2.45) is 0 Å². The van der Waals surface area contributed by atoms with Crippen LogP contribution in [0.2, 0.25) is 0 Å². The fourth-order valence-electron chi connectivity index (χ4n) is 3.87. The van der Waals surface area contributed by atoms with Gasteiger partial charge in [-0.1, -0.05) is 62.4 Å². The second-order valence-corrected chi connectivity index (χ2v) is 7.51. The van der Waals surface area contributed by atoms with Gasteiger partial charge in [-0.3, -0.25) is 14.4 Å². The molecule has 1 heterocycles. The minimum Gasteiger partial charge on any atom is -0.345 e. The highest BCUT2D eigenvalue weighted by Crippen LogP contribution is 2.34. The average Bonchev–Trinajstić information content (AvgIpc) is 3.04. The molecule has 0 aliphatic carbocycles. The Hall–Kier alpha value is -3.15. The Morgan fingerprint density at radius 2 is 1.60 bits per heavy atom. The van der Waals surface area contributed by atoms with E-state index in [0.717, 1.165) is 18.4 Å². The van der Waals surface area contributed by atoms with Crippen LogP contribution >= 0.6 is 0 Å². The van der Waals surface area contributed by atoms with Crippen molar-refractivity contribution in [3.05, 3.63) is 71.3 Å². The maximum absolute atomic E-state index is 13.1. The van der Waals surface area contributed by atoms with Gasteiger partial charge in [-0.15, -0.1) is 0 Å². The molecule has 1 atom stereocenters. The zero-order valence-corrected chi connectivity index (χ0v) is 17.6. The second-order valence-electron chi connectivity index (χ2n) is 7.51. The summed E-state index contributed by atoms with van der Waals surface area (Å²) < 4.78 is 0. The van der Waals surface area contributed by atoms with E-state index in [-0.39, 0.29) is 24.3 Å². The number of nitrogens with zero attached hydrogens (tertiary/aromatic N) is 2. The summed E-state index contributed by atoms with van der Waals surface area (Å²) in [6.45, 7) is 5.66. The number of hydrogen-bond acceptors (Lipinski definition) is 3. The molecule has 0 bridgehead atoms. The largest absolute Gasteiger partial charge is 0.345 e. The fourth-order valence-corrected chi connectivity index (χ4v) is 3.87. The number of rotatable bonds is 9. The summed E-state index contributed by atoms with van der Waals surface area (Å²) in [5.41, 5.74) is 2.17. The van der Waals surface area contributed by atoms with Crippen molar-refractivity contribution in [2.45, 2.75) is 39.3 Å². The molecule has 0 radical (unpaired) electrons. The predicted octanol–water partition coefficient (Wildman–Crippen LogP) is 3.15. The molecule has 1 N–H and O–H groups in total. The smallest absolute Gasteiger partial charge is 0.255 e. The van der Waals surface area contributed by atoms with E-state index in [1.54, 1.807) is 21.9 Å². The van der Waals surface area contributed by atoms with Crippen LogP contribution in [-0.4, -0.2) is 47.2 Å². The summed E-state index contributed by atoms with van der Waals surface area (Å²) in [4.78, 5) is 42.0. The molecule has 0 spiro atoms. The van der Waals surface area contributed by atoms with Gasteiger partial charge in [0.25, 0.3) is 5.91 Å². The molecule has 0 saturated carbocycles. The van der Waals surface area contributed by atoms with Gasteiger partial charge in [0.2, 0.25) is 11.8 Å². The molecule has 0 saturated heterocycles. The summed E-state index contributed by atoms with van der Waals surface area (Å²) >= 11 is 0. The second kappa shape index (κ2) is 10.1. The Kier molecular flexibility index (Phi) is 7.22. The lowest BCUT2D eigenvalue weighted by Crippen LogP contribution is -2.44. The van der Waals surface area contributed by atoms with Gasteiger partial charge in [-0.05, 0) is 30.0 Å². The third kappa shape index (κ3) is 4.70. The highest BCUT2D eigenvalue weighted by atomic mass is 16.2. The molecule has 0 aromatic heterocycles. The molecule has 0 fully saturated rings. The van der Waals surface area contributed by atoms with Crippen molar-refractivity contribution in [2.75, 3.05) is 19.6 Å². The van der Waals surface area contributed by atoms with Crippen LogP contribution in [0.25, 0.3) is 0 Å². The van der Waals surface area contributed by atoms with Crippen molar-refractivity contribution in [1.29, 1.82) is 0 Å². The summed E-state index contributed by atoms with van der Waals surface area (Å²) in [6.07, 6.45) is 1.74. The van der Waals surface area contributed by atoms with Crippen LogP contribution < -0.4 is 5.32 Å². The van der Waals surface area contributed by atoms with Gasteiger partial charge >= 0.3 is 0 Å². The lowest BCUT2D eigenvalue weighted by atomic mass is 10.0. The molecule has 1 aliphatic rings. The van der Waals surface area contributed by atoms with Gasteiger partial charge in [0.15, 0.2) is 0 Å². The number of fused-ring (bicyclic) bond motifs is 1. The monoisotopic (exact) mass is 407 g/mol. The minimum absolute atomic E-state index is 0.0646. The molecule has 1 aliphatic heterocycles. The first-order valence-corrected chi connectivity index (χ1v) is 10.6. The van der Waals surface area contributed by atoms with Crippen molar-refractivity contribution < 1.29 is 14.4 Å². The van der Waals surface area contributed by atoms with E-state index >= 15 is 0 Å². The average molecular weight is 408 g/mol. The highest BCUT2D eigenvalue weighted by molar-refractivity contribution is 6.05. The van der Waals surface area contributed by atoms with E-state index in [4.69, 9.17) is 0 Å². The van der Waals surface area contributed by atoms with Gasteiger partial charge in [0, 0.05) is 25.2 Å². The Morgan fingerprint density at radius 3 is 2.27 bits per heavy atom. The third-order valence-electron chi connectivity index (χ3n) is 5.26. The minimum atomic E-state index is -0.743. The van der Waals surface area contributed by atoms with Gasteiger partial charge in [0.05, 0.1) is 6.54 Å². The van der Waals surface area contributed by atoms with Crippen molar-refractivity contribution in [1.82, 2.24) is 15.1 Å². The topological polar surface area (TPSA) is 69.7 Å². The van der Waals surface area contributed by atoms with E-state index in [1.165, 1.54) is 0 Å². The first-order valence-electron chi connectivity index (χ1n) is 10.6. The van der Waals surface area contributed by atoms with E-state index in [2.05, 4.69) is 5.32 Å². The third-order valence-corrected chi connectivity index (χ3v) is 5.26. The Labute approximate surface area is 177 Å². The van der Waals surface area contributed by atoms with Crippen LogP contribution in [0.5, 0.6) is 0 Å². The van der Waals surface area contributed by atoms with Gasteiger partial charge < -0.3 is 15.1 Å². The van der Waals surface area contributed by atoms with Gasteiger partial charge in [-0.2, -0.15) is 0 Å². The number of nitrogens with one attached hydrogen (secondary N) is 1. The summed E-state index contributed by atoms with van der Waals surface area (Å²) in [6, 6.07) is 16.0. The number of hydrogen-bond donors (Lipinski definition) is 1. The summed E-state index contributed by atoms with van der Waals surface area (Å²) in [7, 11) is 0. The lowest BCUT2D eigenvalue weighted by molar-refractivity contribution is -0.134. The maximum Gasteiger partial charge on any atom is 0.255 e. The van der Waals surface area contributed by atoms with Crippen LogP contribution in [0.1, 0.15) is 54.2 Å². The number of carbonyl (C=O) groups is 3. The molecular weight excluding hydrogens is 378 g/mol. The van der Waals surface area contributed by atoms with Crippen LogP contribution in [0.4, 0.5) is 0 Å². The molecule has 6 heteroatoms. The number of carbonyl (C=O) groups excluding carboxylic acids is 3. The van der Waals surface area contributed by atoms with Crippen LogP contribution in [0, 0.1) is 0 Å². The van der Waals surface area contributed by atoms with Crippen molar-refractivity contribution >= 4 is 17.7 Å². The Morgan fingerprint density at radius 1 is 0.967 bits per heavy atom. The quantitative estimate of drug-likeness (QED) is 0.694. The zero-order chi connectivity index (χ0) is 21.5. The number of amides is 3. The van der Waals surface area contributed by atoms with E-state index in [1.807, 2.05) is 56.3 Å². The molecule has 30 heavy (non-hydrogen) atoms. The summed E-state index contributed by atoms with van der Waals surface area (Å²) in [5, 5.41) is 2.77. The van der Waals surface area contributed by atoms with Crippen molar-refractivity contribution in [3.8, 4) is 0 Å². The molecule has 3 rings (SSSR count). The highest BCUT2D eigenvalue weighted by Gasteiger charge is 2.40. The van der Waals surface area contributed by atoms with Gasteiger partial charge in [-0.25, -0.2) is 0 Å². The summed E-state index contributed by atoms with van der Waals surface area (Å²) in [5.74, 6) is -0.593. The normalized spacial score (nSPS) is 15.1. The Balaban J connectivity index is 1.77. The fraction of sp³-hybridized carbons (Fsp3) is 0.375. The maximum atomic E-state index is 13.1. The number of benzene rings is 2. The van der Waals surface area contributed by atoms with Gasteiger partial charge in [0.1, 0.15) is 6.04 Å². The first kappa shape index (κ1) is 21.6. The zero-order valence-electron chi connectivity index (χ0n) is 17.6. The predicted molar refractivity (Wildman–Crippen MR) is 116 cm³/mol. The van der Waals surface area contributed by atoms with Crippen LogP contribution in [0.15, 0.2) is 54.6 Å². The molecule has 2 aromatic rings.